The van der Waals surface area contributed by atoms with Gasteiger partial charge in [-0.3, -0.25) is 24.0 Å². The zero-order chi connectivity index (χ0) is 28.1. The van der Waals surface area contributed by atoms with E-state index >= 15 is 0 Å². The number of amides is 4. The lowest BCUT2D eigenvalue weighted by Crippen LogP contribution is -2.58. The Morgan fingerprint density at radius 3 is 1.86 bits per heavy atom. The van der Waals surface area contributed by atoms with Crippen LogP contribution in [0.3, 0.4) is 0 Å². The van der Waals surface area contributed by atoms with Crippen LogP contribution in [0.2, 0.25) is 0 Å². The molecule has 37 heavy (non-hydrogen) atoms. The summed E-state index contributed by atoms with van der Waals surface area (Å²) in [6, 6.07) is 0.491. The minimum absolute atomic E-state index is 0.0272. The number of benzene rings is 1. The molecule has 0 radical (unpaired) electrons. The van der Waals surface area contributed by atoms with Gasteiger partial charge in [0.15, 0.2) is 0 Å². The van der Waals surface area contributed by atoms with Crippen LogP contribution in [0.4, 0.5) is 0 Å². The Bertz CT molecular complexity index is 989. The fourth-order valence-electron chi connectivity index (χ4n) is 3.05. The van der Waals surface area contributed by atoms with E-state index in [1.807, 2.05) is 0 Å². The van der Waals surface area contributed by atoms with E-state index in [2.05, 4.69) is 28.6 Å². The van der Waals surface area contributed by atoms with Crippen molar-refractivity contribution in [2.24, 2.45) is 11.5 Å². The Morgan fingerprint density at radius 2 is 1.35 bits per heavy atom. The van der Waals surface area contributed by atoms with Crippen LogP contribution in [0.1, 0.15) is 31.2 Å². The lowest BCUT2D eigenvalue weighted by Gasteiger charge is -2.24. The Morgan fingerprint density at radius 1 is 0.811 bits per heavy atom. The van der Waals surface area contributed by atoms with Crippen molar-refractivity contribution in [3.05, 3.63) is 29.8 Å². The second kappa shape index (κ2) is 15.3. The molecule has 204 valence electrons. The second-order valence-electron chi connectivity index (χ2n) is 8.12. The first-order valence-corrected chi connectivity index (χ1v) is 11.8. The highest BCUT2D eigenvalue weighted by Crippen LogP contribution is 2.12. The topological polar surface area (TPSA) is 251 Å². The third-order valence-corrected chi connectivity index (χ3v) is 5.49. The Kier molecular flexibility index (Phi) is 12.9. The zero-order valence-corrected chi connectivity index (χ0v) is 20.6. The van der Waals surface area contributed by atoms with Gasteiger partial charge < -0.3 is 42.7 Å². The van der Waals surface area contributed by atoms with Gasteiger partial charge in [0.1, 0.15) is 23.9 Å². The van der Waals surface area contributed by atoms with Crippen LogP contribution in [0.5, 0.6) is 5.75 Å². The lowest BCUT2D eigenvalue weighted by molar-refractivity contribution is -0.142. The number of nitrogens with two attached hydrogens (primary N) is 2. The second-order valence-corrected chi connectivity index (χ2v) is 8.48. The number of carbonyl (C=O) groups excluding carboxylic acids is 4. The van der Waals surface area contributed by atoms with Crippen LogP contribution in [0.25, 0.3) is 0 Å². The van der Waals surface area contributed by atoms with E-state index in [1.54, 1.807) is 0 Å². The molecule has 14 nitrogen and oxygen atoms in total. The molecule has 1 aromatic rings. The van der Waals surface area contributed by atoms with Crippen molar-refractivity contribution < 1.29 is 44.1 Å². The number of hydrogen-bond donors (Lipinski definition) is 9. The first kappa shape index (κ1) is 31.2. The molecule has 0 bridgehead atoms. The normalized spacial score (nSPS) is 13.9. The number of carboxylic acids is 2. The third-order valence-electron chi connectivity index (χ3n) is 5.12. The zero-order valence-electron chi connectivity index (χ0n) is 19.8. The minimum Gasteiger partial charge on any atom is -0.508 e. The van der Waals surface area contributed by atoms with Crippen LogP contribution >= 0.6 is 12.6 Å². The van der Waals surface area contributed by atoms with Gasteiger partial charge in [-0.2, -0.15) is 12.6 Å². The largest absolute Gasteiger partial charge is 0.508 e. The van der Waals surface area contributed by atoms with Gasteiger partial charge in [-0.1, -0.05) is 12.1 Å². The van der Waals surface area contributed by atoms with Gasteiger partial charge in [-0.25, -0.2) is 4.79 Å². The molecule has 10 N–H and O–H groups in total. The summed E-state index contributed by atoms with van der Waals surface area (Å²) >= 11 is 4.03. The predicted octanol–water partition coefficient (Wildman–Crippen LogP) is -2.14. The monoisotopic (exact) mass is 541 g/mol. The molecule has 1 rings (SSSR count). The summed E-state index contributed by atoms with van der Waals surface area (Å²) in [6.45, 7) is 0. The molecule has 0 aromatic heterocycles. The van der Waals surface area contributed by atoms with Gasteiger partial charge in [-0.05, 0) is 30.5 Å². The van der Waals surface area contributed by atoms with Crippen LogP contribution in [-0.4, -0.2) is 80.8 Å². The van der Waals surface area contributed by atoms with Crippen LogP contribution in [-0.2, 0) is 35.2 Å². The fraction of sp³-hybridized carbons (Fsp3) is 0.455. The molecule has 0 saturated heterocycles. The van der Waals surface area contributed by atoms with E-state index in [-0.39, 0.29) is 43.6 Å². The Balaban J connectivity index is 3.00. The standard InChI is InChI=1S/C22H31N5O9S/c23-13(5-8-18(30)31)19(32)26-15(9-11-1-3-12(28)4-2-11)20(33)27-16(10-37)21(34)25-14(22(35)36)6-7-17(24)29/h1-4,13-16,28,37H,5-10,23H2,(H2,24,29)(H,25,34)(H,26,32)(H,27,33)(H,30,31)(H,35,36). The summed E-state index contributed by atoms with van der Waals surface area (Å²) in [5.74, 6) is -6.11. The van der Waals surface area contributed by atoms with E-state index in [4.69, 9.17) is 16.6 Å². The Labute approximate surface area is 217 Å². The number of hydrogen-bond acceptors (Lipinski definition) is 9. The lowest BCUT2D eigenvalue weighted by atomic mass is 10.0. The number of rotatable bonds is 16. The quantitative estimate of drug-likeness (QED) is 0.103. The van der Waals surface area contributed by atoms with Crippen molar-refractivity contribution in [2.45, 2.75) is 56.3 Å². The molecule has 0 spiro atoms. The highest BCUT2D eigenvalue weighted by Gasteiger charge is 2.30. The highest BCUT2D eigenvalue weighted by atomic mass is 32.1. The molecule has 4 amide bonds. The molecule has 0 saturated carbocycles. The van der Waals surface area contributed by atoms with Crippen molar-refractivity contribution >= 4 is 48.2 Å². The predicted molar refractivity (Wildman–Crippen MR) is 132 cm³/mol. The maximum atomic E-state index is 13.0. The van der Waals surface area contributed by atoms with Crippen molar-refractivity contribution in [3.63, 3.8) is 0 Å². The van der Waals surface area contributed by atoms with Crippen LogP contribution in [0, 0.1) is 0 Å². The van der Waals surface area contributed by atoms with Gasteiger partial charge in [0.25, 0.3) is 0 Å². The number of nitrogens with one attached hydrogen (secondary N) is 3. The Hall–Kier alpha value is -3.85. The summed E-state index contributed by atoms with van der Waals surface area (Å²) in [5, 5.41) is 34.6. The average molecular weight is 542 g/mol. The number of thiol groups is 1. The molecule has 1 aromatic carbocycles. The smallest absolute Gasteiger partial charge is 0.326 e. The summed E-state index contributed by atoms with van der Waals surface area (Å²) in [6.07, 6.45) is -1.19. The molecule has 15 heteroatoms. The molecule has 0 aliphatic carbocycles. The van der Waals surface area contributed by atoms with Crippen molar-refractivity contribution in [1.29, 1.82) is 0 Å². The van der Waals surface area contributed by atoms with E-state index in [0.717, 1.165) is 0 Å². The molecular weight excluding hydrogens is 510 g/mol. The number of carboxylic acid groups (broad SMARTS) is 2. The molecular formula is C22H31N5O9S. The maximum Gasteiger partial charge on any atom is 0.326 e. The SMILES string of the molecule is NC(=O)CCC(NC(=O)C(CS)NC(=O)C(Cc1ccc(O)cc1)NC(=O)C(N)CCC(=O)O)C(=O)O. The van der Waals surface area contributed by atoms with Crippen LogP contribution < -0.4 is 27.4 Å². The molecule has 0 fully saturated rings. The number of carbonyl (C=O) groups is 6. The number of phenols is 1. The fourth-order valence-corrected chi connectivity index (χ4v) is 3.31. The van der Waals surface area contributed by atoms with Crippen molar-refractivity contribution in [2.75, 3.05) is 5.75 Å². The molecule has 0 aliphatic rings. The first-order valence-electron chi connectivity index (χ1n) is 11.1. The van der Waals surface area contributed by atoms with E-state index in [9.17, 15) is 39.0 Å². The third kappa shape index (κ3) is 11.6. The number of primary amides is 1. The van der Waals surface area contributed by atoms with E-state index in [0.29, 0.717) is 5.56 Å². The number of aromatic hydroxyl groups is 1. The highest BCUT2D eigenvalue weighted by molar-refractivity contribution is 7.80. The van der Waals surface area contributed by atoms with Crippen molar-refractivity contribution in [3.8, 4) is 5.75 Å². The summed E-state index contributed by atoms with van der Waals surface area (Å²) in [4.78, 5) is 71.3. The summed E-state index contributed by atoms with van der Waals surface area (Å²) in [7, 11) is 0. The van der Waals surface area contributed by atoms with E-state index < -0.39 is 59.7 Å². The number of aliphatic carboxylic acids is 2. The molecule has 0 aliphatic heterocycles. The average Bonchev–Trinajstić information content (AvgIpc) is 2.83. The molecule has 0 heterocycles. The summed E-state index contributed by atoms with van der Waals surface area (Å²) in [5.41, 5.74) is 11.3. The first-order chi connectivity index (χ1) is 17.3. The molecule has 4 unspecified atom stereocenters. The van der Waals surface area contributed by atoms with Gasteiger partial charge in [0.2, 0.25) is 23.6 Å². The van der Waals surface area contributed by atoms with Gasteiger partial charge in [-0.15, -0.1) is 0 Å². The maximum absolute atomic E-state index is 13.0. The van der Waals surface area contributed by atoms with Crippen molar-refractivity contribution in [1.82, 2.24) is 16.0 Å². The number of phenolic OH excluding ortho intramolecular Hbond substituents is 1. The van der Waals surface area contributed by atoms with Gasteiger partial charge >= 0.3 is 11.9 Å². The minimum atomic E-state index is -1.45. The molecule has 4 atom stereocenters. The van der Waals surface area contributed by atoms with Gasteiger partial charge in [0.05, 0.1) is 6.04 Å². The van der Waals surface area contributed by atoms with E-state index in [1.165, 1.54) is 24.3 Å². The summed E-state index contributed by atoms with van der Waals surface area (Å²) < 4.78 is 0. The van der Waals surface area contributed by atoms with Crippen LogP contribution in [0.15, 0.2) is 24.3 Å². The van der Waals surface area contributed by atoms with Gasteiger partial charge in [0, 0.05) is 25.0 Å².